The zero-order valence-corrected chi connectivity index (χ0v) is 13.4. The highest BCUT2D eigenvalue weighted by Gasteiger charge is 2.24. The molecular formula is C19H17N5. The van der Waals surface area contributed by atoms with E-state index in [9.17, 15) is 0 Å². The maximum absolute atomic E-state index is 7.29. The maximum atomic E-state index is 7.29. The third kappa shape index (κ3) is 2.52. The van der Waals surface area contributed by atoms with Crippen molar-refractivity contribution in [2.24, 2.45) is 7.05 Å². The summed E-state index contributed by atoms with van der Waals surface area (Å²) in [4.78, 5) is 3.55. The summed E-state index contributed by atoms with van der Waals surface area (Å²) < 4.78 is 1.86. The Morgan fingerprint density at radius 2 is 2.00 bits per heavy atom. The van der Waals surface area contributed by atoms with Crippen LogP contribution >= 0.6 is 0 Å². The first-order valence-corrected chi connectivity index (χ1v) is 7.92. The van der Waals surface area contributed by atoms with Gasteiger partial charge in [0.25, 0.3) is 0 Å². The zero-order valence-electron chi connectivity index (χ0n) is 13.4. The van der Waals surface area contributed by atoms with Crippen LogP contribution in [0.2, 0.25) is 0 Å². The molecule has 1 fully saturated rings. The van der Waals surface area contributed by atoms with Crippen molar-refractivity contribution in [3.8, 4) is 22.5 Å². The highest BCUT2D eigenvalue weighted by Crippen LogP contribution is 2.43. The van der Waals surface area contributed by atoms with E-state index in [1.807, 2.05) is 35.9 Å². The molecule has 1 saturated carbocycles. The number of nitrogens with zero attached hydrogens (tertiary/aromatic N) is 4. The molecule has 0 amide bonds. The largest absolute Gasteiger partial charge is 0.399 e. The van der Waals surface area contributed by atoms with Crippen LogP contribution in [0.25, 0.3) is 27.4 Å². The first-order valence-electron chi connectivity index (χ1n) is 7.92. The molecule has 0 aliphatic heterocycles. The van der Waals surface area contributed by atoms with Gasteiger partial charge < -0.3 is 10.3 Å². The molecule has 1 aliphatic carbocycles. The summed E-state index contributed by atoms with van der Waals surface area (Å²) in [6.45, 7) is 7.29. The number of aromatic nitrogens is 3. The van der Waals surface area contributed by atoms with Gasteiger partial charge in [0.2, 0.25) is 0 Å². The van der Waals surface area contributed by atoms with Crippen molar-refractivity contribution >= 4 is 11.4 Å². The van der Waals surface area contributed by atoms with E-state index in [0.717, 1.165) is 28.2 Å². The van der Waals surface area contributed by atoms with Crippen molar-refractivity contribution in [2.75, 3.05) is 5.73 Å². The number of nitrogen functional groups attached to an aromatic ring is 1. The molecule has 0 saturated heterocycles. The van der Waals surface area contributed by atoms with Gasteiger partial charge in [-0.15, -0.1) is 10.2 Å². The molecule has 1 heterocycles. The molecule has 0 spiro atoms. The summed E-state index contributed by atoms with van der Waals surface area (Å²) >= 11 is 0. The minimum atomic E-state index is 0.586. The van der Waals surface area contributed by atoms with Crippen LogP contribution in [0.5, 0.6) is 0 Å². The lowest BCUT2D eigenvalue weighted by Gasteiger charge is -2.12. The molecule has 24 heavy (non-hydrogen) atoms. The Kier molecular flexibility index (Phi) is 3.31. The Morgan fingerprint density at radius 1 is 1.17 bits per heavy atom. The Labute approximate surface area is 140 Å². The van der Waals surface area contributed by atoms with Crippen LogP contribution in [0.3, 0.4) is 0 Å². The van der Waals surface area contributed by atoms with E-state index in [-0.39, 0.29) is 0 Å². The van der Waals surface area contributed by atoms with Gasteiger partial charge in [-0.1, -0.05) is 18.2 Å². The van der Waals surface area contributed by atoms with Gasteiger partial charge in [-0.25, -0.2) is 4.85 Å². The number of hydrogen-bond acceptors (Lipinski definition) is 3. The molecule has 118 valence electrons. The van der Waals surface area contributed by atoms with Crippen LogP contribution < -0.4 is 5.73 Å². The summed E-state index contributed by atoms with van der Waals surface area (Å²) in [5, 5.41) is 8.19. The normalized spacial score (nSPS) is 13.7. The second-order valence-corrected chi connectivity index (χ2v) is 6.27. The predicted molar refractivity (Wildman–Crippen MR) is 94.5 cm³/mol. The second-order valence-electron chi connectivity index (χ2n) is 6.27. The van der Waals surface area contributed by atoms with Gasteiger partial charge in [0, 0.05) is 18.3 Å². The minimum Gasteiger partial charge on any atom is -0.399 e. The molecule has 0 bridgehead atoms. The molecule has 3 aromatic rings. The molecule has 5 heteroatoms. The quantitative estimate of drug-likeness (QED) is 0.583. The van der Waals surface area contributed by atoms with Gasteiger partial charge in [-0.3, -0.25) is 0 Å². The smallest absolute Gasteiger partial charge is 0.188 e. The molecule has 4 rings (SSSR count). The number of benzene rings is 2. The predicted octanol–water partition coefficient (Wildman–Crippen LogP) is 4.16. The lowest BCUT2D eigenvalue weighted by Crippen LogP contribution is -1.95. The summed E-state index contributed by atoms with van der Waals surface area (Å²) in [6.07, 6.45) is 4.13. The molecule has 0 atom stereocenters. The third-order valence-corrected chi connectivity index (χ3v) is 4.42. The van der Waals surface area contributed by atoms with E-state index in [2.05, 4.69) is 27.2 Å². The fourth-order valence-electron chi connectivity index (χ4n) is 3.05. The average molecular weight is 315 g/mol. The van der Waals surface area contributed by atoms with Crippen molar-refractivity contribution in [2.45, 2.75) is 18.8 Å². The molecule has 1 aliphatic rings. The maximum Gasteiger partial charge on any atom is 0.188 e. The number of rotatable bonds is 3. The fourth-order valence-corrected chi connectivity index (χ4v) is 3.05. The van der Waals surface area contributed by atoms with Gasteiger partial charge >= 0.3 is 0 Å². The van der Waals surface area contributed by atoms with Crippen molar-refractivity contribution in [3.63, 3.8) is 0 Å². The van der Waals surface area contributed by atoms with E-state index >= 15 is 0 Å². The first-order chi connectivity index (χ1) is 11.7. The van der Waals surface area contributed by atoms with E-state index in [0.29, 0.717) is 11.6 Å². The number of hydrogen-bond donors (Lipinski definition) is 1. The van der Waals surface area contributed by atoms with Crippen LogP contribution in [0, 0.1) is 6.57 Å². The molecule has 5 nitrogen and oxygen atoms in total. The molecule has 0 unspecified atom stereocenters. The van der Waals surface area contributed by atoms with Crippen LogP contribution in [0.1, 0.15) is 24.3 Å². The first kappa shape index (κ1) is 14.5. The van der Waals surface area contributed by atoms with Crippen LogP contribution in [-0.2, 0) is 7.05 Å². The highest BCUT2D eigenvalue weighted by atomic mass is 15.2. The second kappa shape index (κ2) is 5.50. The van der Waals surface area contributed by atoms with Crippen molar-refractivity contribution < 1.29 is 0 Å². The molecule has 1 aromatic heterocycles. The van der Waals surface area contributed by atoms with Crippen molar-refractivity contribution in [3.05, 3.63) is 59.7 Å². The van der Waals surface area contributed by atoms with Crippen LogP contribution in [0.15, 0.2) is 42.7 Å². The van der Waals surface area contributed by atoms with Gasteiger partial charge in [0.05, 0.1) is 6.57 Å². The SMILES string of the molecule is [C-]#[N+]c1ccc(-c2cc(N)cc(C3CC3)c2)c(-c2nncn2C)c1. The number of nitrogens with two attached hydrogens (primary N) is 1. The third-order valence-electron chi connectivity index (χ3n) is 4.42. The van der Waals surface area contributed by atoms with E-state index in [4.69, 9.17) is 12.3 Å². The van der Waals surface area contributed by atoms with Gasteiger partial charge in [-0.2, -0.15) is 0 Å². The topological polar surface area (TPSA) is 61.1 Å². The minimum absolute atomic E-state index is 0.586. The van der Waals surface area contributed by atoms with Gasteiger partial charge in [0.1, 0.15) is 6.33 Å². The Morgan fingerprint density at radius 3 is 2.67 bits per heavy atom. The number of aryl methyl sites for hydroxylation is 1. The van der Waals surface area contributed by atoms with E-state index in [1.54, 1.807) is 6.33 Å². The summed E-state index contributed by atoms with van der Waals surface area (Å²) in [5.41, 5.74) is 11.8. The fraction of sp³-hybridized carbons (Fsp3) is 0.211. The Balaban J connectivity index is 1.92. The van der Waals surface area contributed by atoms with Gasteiger partial charge in [-0.05, 0) is 53.6 Å². The van der Waals surface area contributed by atoms with Crippen LogP contribution in [0.4, 0.5) is 11.4 Å². The monoisotopic (exact) mass is 315 g/mol. The summed E-state index contributed by atoms with van der Waals surface area (Å²) in [6, 6.07) is 11.9. The molecular weight excluding hydrogens is 298 g/mol. The Bertz CT molecular complexity index is 960. The lowest BCUT2D eigenvalue weighted by molar-refractivity contribution is 0.920. The molecule has 0 radical (unpaired) electrons. The van der Waals surface area contributed by atoms with Crippen molar-refractivity contribution in [1.82, 2.24) is 14.8 Å². The lowest BCUT2D eigenvalue weighted by atomic mass is 9.95. The van der Waals surface area contributed by atoms with Crippen molar-refractivity contribution in [1.29, 1.82) is 0 Å². The van der Waals surface area contributed by atoms with E-state index in [1.165, 1.54) is 18.4 Å². The van der Waals surface area contributed by atoms with Crippen LogP contribution in [-0.4, -0.2) is 14.8 Å². The standard InChI is InChI=1S/C19H17N5/c1-21-16-5-6-17(18(10-16)19-23-22-11-24(19)2)14-7-13(12-3-4-12)8-15(20)9-14/h5-12H,3-4,20H2,2H3. The molecule has 2 aromatic carbocycles. The Hall–Kier alpha value is -3.13. The molecule has 2 N–H and O–H groups in total. The summed E-state index contributed by atoms with van der Waals surface area (Å²) in [7, 11) is 1.90. The van der Waals surface area contributed by atoms with E-state index < -0.39 is 0 Å². The summed E-state index contributed by atoms with van der Waals surface area (Å²) in [5.74, 6) is 1.37. The zero-order chi connectivity index (χ0) is 16.7. The highest BCUT2D eigenvalue weighted by molar-refractivity contribution is 5.84. The average Bonchev–Trinajstić information content (AvgIpc) is 3.35. The van der Waals surface area contributed by atoms with Gasteiger partial charge in [0.15, 0.2) is 11.5 Å². The number of anilines is 1.